The Bertz CT molecular complexity index is 855. The van der Waals surface area contributed by atoms with E-state index in [0.717, 1.165) is 48.6 Å². The molecule has 0 bridgehead atoms. The van der Waals surface area contributed by atoms with Gasteiger partial charge in [-0.3, -0.25) is 0 Å². The van der Waals surface area contributed by atoms with Crippen molar-refractivity contribution < 1.29 is 8.78 Å². The Morgan fingerprint density at radius 1 is 0.556 bits per heavy atom. The predicted octanol–water partition coefficient (Wildman–Crippen LogP) is 11.3. The van der Waals surface area contributed by atoms with Crippen LogP contribution in [0, 0.1) is 23.5 Å². The minimum atomic E-state index is -0.281. The normalized spacial score (nSPS) is 24.7. The first kappa shape index (κ1) is 27.3. The van der Waals surface area contributed by atoms with Gasteiger partial charge in [-0.1, -0.05) is 89.5 Å². The SMILES string of the molecule is CCCCC[C@H]1CC[C@H](c2ccc(-c3ccc([C@H]4CC[C@H](CCCCC)CC4)cc3F)c(F)c2)CC1. The van der Waals surface area contributed by atoms with E-state index in [-0.39, 0.29) is 11.6 Å². The Kier molecular flexibility index (Phi) is 10.4. The van der Waals surface area contributed by atoms with Gasteiger partial charge in [0.25, 0.3) is 0 Å². The Labute approximate surface area is 219 Å². The van der Waals surface area contributed by atoms with E-state index in [9.17, 15) is 0 Å². The third-order valence-electron chi connectivity index (χ3n) is 9.34. The van der Waals surface area contributed by atoms with Crippen molar-refractivity contribution >= 4 is 0 Å². The van der Waals surface area contributed by atoms with Gasteiger partial charge in [-0.15, -0.1) is 0 Å². The molecule has 2 fully saturated rings. The van der Waals surface area contributed by atoms with Gasteiger partial charge in [0.05, 0.1) is 0 Å². The maximum atomic E-state index is 15.2. The van der Waals surface area contributed by atoms with Gasteiger partial charge in [-0.05, 0) is 98.3 Å². The molecule has 0 N–H and O–H groups in total. The van der Waals surface area contributed by atoms with Crippen LogP contribution in [0.25, 0.3) is 11.1 Å². The summed E-state index contributed by atoms with van der Waals surface area (Å²) in [5.74, 6) is 2.02. The van der Waals surface area contributed by atoms with Crippen molar-refractivity contribution in [1.82, 2.24) is 0 Å². The predicted molar refractivity (Wildman–Crippen MR) is 149 cm³/mol. The standard InChI is InChI=1S/C34H48F2/c1-3-5-7-9-25-11-15-27(16-12-25)29-19-21-31(33(35)23-29)32-22-20-30(24-34(32)36)28-17-13-26(14-18-28)10-8-6-4-2/h19-28H,3-18H2,1-2H3/t25-,26-,27-,28-. The molecule has 2 saturated carbocycles. The summed E-state index contributed by atoms with van der Waals surface area (Å²) in [5.41, 5.74) is 2.98. The fourth-order valence-corrected chi connectivity index (χ4v) is 6.94. The van der Waals surface area contributed by atoms with E-state index in [0.29, 0.717) is 23.0 Å². The first-order valence-electron chi connectivity index (χ1n) is 15.2. The number of hydrogen-bond acceptors (Lipinski definition) is 0. The van der Waals surface area contributed by atoms with Crippen molar-refractivity contribution in [3.63, 3.8) is 0 Å². The molecule has 0 heterocycles. The van der Waals surface area contributed by atoms with Crippen LogP contribution < -0.4 is 0 Å². The number of halogens is 2. The lowest BCUT2D eigenvalue weighted by molar-refractivity contribution is 0.302. The van der Waals surface area contributed by atoms with Crippen LogP contribution in [-0.4, -0.2) is 0 Å². The number of benzene rings is 2. The Morgan fingerprint density at radius 2 is 0.944 bits per heavy atom. The molecule has 2 aromatic carbocycles. The average molecular weight is 495 g/mol. The molecular weight excluding hydrogens is 446 g/mol. The smallest absolute Gasteiger partial charge is 0.131 e. The first-order chi connectivity index (χ1) is 17.6. The maximum absolute atomic E-state index is 15.2. The molecule has 0 aromatic heterocycles. The molecule has 0 saturated heterocycles. The third-order valence-corrected chi connectivity index (χ3v) is 9.34. The summed E-state index contributed by atoms with van der Waals surface area (Å²) >= 11 is 0. The highest BCUT2D eigenvalue weighted by atomic mass is 19.1. The van der Waals surface area contributed by atoms with Gasteiger partial charge < -0.3 is 0 Å². The quantitative estimate of drug-likeness (QED) is 0.272. The molecule has 0 aliphatic heterocycles. The molecule has 0 spiro atoms. The van der Waals surface area contributed by atoms with Gasteiger partial charge in [0.2, 0.25) is 0 Å². The topological polar surface area (TPSA) is 0 Å². The summed E-state index contributed by atoms with van der Waals surface area (Å²) in [6.45, 7) is 4.52. The second-order valence-electron chi connectivity index (χ2n) is 11.9. The van der Waals surface area contributed by atoms with Gasteiger partial charge in [0.15, 0.2) is 0 Å². The number of rotatable bonds is 11. The zero-order valence-corrected chi connectivity index (χ0v) is 22.8. The van der Waals surface area contributed by atoms with Gasteiger partial charge in [0.1, 0.15) is 11.6 Å². The van der Waals surface area contributed by atoms with Crippen LogP contribution >= 0.6 is 0 Å². The van der Waals surface area contributed by atoms with Crippen LogP contribution in [-0.2, 0) is 0 Å². The molecule has 0 atom stereocenters. The van der Waals surface area contributed by atoms with Crippen molar-refractivity contribution in [1.29, 1.82) is 0 Å². The highest BCUT2D eigenvalue weighted by molar-refractivity contribution is 5.66. The van der Waals surface area contributed by atoms with Crippen LogP contribution in [0.3, 0.4) is 0 Å². The number of hydrogen-bond donors (Lipinski definition) is 0. The molecule has 2 aliphatic rings. The largest absolute Gasteiger partial charge is 0.206 e. The monoisotopic (exact) mass is 494 g/mol. The van der Waals surface area contributed by atoms with Crippen molar-refractivity contribution in [3.8, 4) is 11.1 Å². The molecule has 2 aromatic rings. The molecule has 4 rings (SSSR count). The minimum Gasteiger partial charge on any atom is -0.206 e. The fraction of sp³-hybridized carbons (Fsp3) is 0.647. The summed E-state index contributed by atoms with van der Waals surface area (Å²) < 4.78 is 30.4. The van der Waals surface area contributed by atoms with E-state index < -0.39 is 0 Å². The van der Waals surface area contributed by atoms with Crippen molar-refractivity contribution in [3.05, 3.63) is 59.2 Å². The van der Waals surface area contributed by atoms with Gasteiger partial charge in [-0.2, -0.15) is 0 Å². The minimum absolute atomic E-state index is 0.281. The van der Waals surface area contributed by atoms with Crippen LogP contribution in [0.5, 0.6) is 0 Å². The van der Waals surface area contributed by atoms with Crippen LogP contribution in [0.15, 0.2) is 36.4 Å². The number of unbranched alkanes of at least 4 members (excludes halogenated alkanes) is 4. The summed E-state index contributed by atoms with van der Waals surface area (Å²) in [7, 11) is 0. The second kappa shape index (κ2) is 13.7. The highest BCUT2D eigenvalue weighted by Gasteiger charge is 2.25. The molecule has 0 unspecified atom stereocenters. The van der Waals surface area contributed by atoms with E-state index in [1.165, 1.54) is 77.0 Å². The average Bonchev–Trinajstić information content (AvgIpc) is 2.90. The van der Waals surface area contributed by atoms with E-state index in [1.807, 2.05) is 24.3 Å². The van der Waals surface area contributed by atoms with Gasteiger partial charge >= 0.3 is 0 Å². The Morgan fingerprint density at radius 3 is 1.28 bits per heavy atom. The molecule has 0 nitrogen and oxygen atoms in total. The van der Waals surface area contributed by atoms with E-state index in [4.69, 9.17) is 0 Å². The summed E-state index contributed by atoms with van der Waals surface area (Å²) in [5, 5.41) is 0. The zero-order valence-electron chi connectivity index (χ0n) is 22.8. The van der Waals surface area contributed by atoms with Gasteiger partial charge in [-0.25, -0.2) is 8.78 Å². The molecule has 0 radical (unpaired) electrons. The van der Waals surface area contributed by atoms with E-state index >= 15 is 8.78 Å². The summed E-state index contributed by atoms with van der Waals surface area (Å²) in [6, 6.07) is 11.1. The zero-order chi connectivity index (χ0) is 25.3. The lowest BCUT2D eigenvalue weighted by Gasteiger charge is -2.29. The van der Waals surface area contributed by atoms with Crippen molar-refractivity contribution in [2.75, 3.05) is 0 Å². The van der Waals surface area contributed by atoms with Crippen LogP contribution in [0.1, 0.15) is 140 Å². The van der Waals surface area contributed by atoms with E-state index in [1.54, 1.807) is 12.1 Å². The molecule has 198 valence electrons. The molecule has 0 amide bonds. The third kappa shape index (κ3) is 7.20. The lowest BCUT2D eigenvalue weighted by Crippen LogP contribution is -2.14. The van der Waals surface area contributed by atoms with Gasteiger partial charge in [0, 0.05) is 11.1 Å². The van der Waals surface area contributed by atoms with Crippen molar-refractivity contribution in [2.24, 2.45) is 11.8 Å². The highest BCUT2D eigenvalue weighted by Crippen LogP contribution is 2.41. The van der Waals surface area contributed by atoms with Crippen LogP contribution in [0.4, 0.5) is 8.78 Å². The molecule has 2 aliphatic carbocycles. The second-order valence-corrected chi connectivity index (χ2v) is 11.9. The van der Waals surface area contributed by atoms with Crippen molar-refractivity contribution in [2.45, 2.75) is 128 Å². The first-order valence-corrected chi connectivity index (χ1v) is 15.2. The molecule has 36 heavy (non-hydrogen) atoms. The molecular formula is C34H48F2. The summed E-state index contributed by atoms with van der Waals surface area (Å²) in [4.78, 5) is 0. The van der Waals surface area contributed by atoms with E-state index in [2.05, 4.69) is 13.8 Å². The Hall–Kier alpha value is -1.70. The lowest BCUT2D eigenvalue weighted by atomic mass is 9.76. The molecule has 2 heteroatoms. The Balaban J connectivity index is 1.34. The van der Waals surface area contributed by atoms with Crippen LogP contribution in [0.2, 0.25) is 0 Å². The maximum Gasteiger partial charge on any atom is 0.131 e. The summed E-state index contributed by atoms with van der Waals surface area (Å²) in [6.07, 6.45) is 20.3. The fourth-order valence-electron chi connectivity index (χ4n) is 6.94.